The van der Waals surface area contributed by atoms with Crippen LogP contribution in [0.1, 0.15) is 0 Å². The first-order valence-corrected chi connectivity index (χ1v) is 2.10. The van der Waals surface area contributed by atoms with Gasteiger partial charge >= 0.3 is 0 Å². The van der Waals surface area contributed by atoms with Gasteiger partial charge in [-0.1, -0.05) is 6.08 Å². The summed E-state index contributed by atoms with van der Waals surface area (Å²) in [6, 6.07) is 0. The Morgan fingerprint density at radius 2 is 2.62 bits per heavy atom. The number of hydrogen-bond acceptors (Lipinski definition) is 2. The van der Waals surface area contributed by atoms with Crippen LogP contribution in [0.4, 0.5) is 0 Å². The molecule has 0 aromatic carbocycles. The van der Waals surface area contributed by atoms with Gasteiger partial charge in [-0.3, -0.25) is 0 Å². The van der Waals surface area contributed by atoms with E-state index in [0.717, 1.165) is 0 Å². The minimum absolute atomic E-state index is 0.236. The number of nitrogens with one attached hydrogen (secondary N) is 1. The highest BCUT2D eigenvalue weighted by Gasteiger charge is 2.04. The molecule has 1 heterocycles. The van der Waals surface area contributed by atoms with Crippen molar-refractivity contribution in [2.75, 3.05) is 0 Å². The summed E-state index contributed by atoms with van der Waals surface area (Å²) >= 11 is 0. The molecule has 0 saturated heterocycles. The molecule has 0 unspecified atom stereocenters. The Bertz CT molecular complexity index is 191. The molecule has 1 aliphatic heterocycles. The SMILES string of the molecule is C=CC1=N[C-]=[NH+]C1=O. The molecule has 1 aliphatic rings. The topological polar surface area (TPSA) is 43.4 Å². The molecule has 0 bridgehead atoms. The third kappa shape index (κ3) is 0.578. The van der Waals surface area contributed by atoms with Crippen molar-refractivity contribution in [3.63, 3.8) is 0 Å². The second kappa shape index (κ2) is 1.69. The maximum absolute atomic E-state index is 10.4. The van der Waals surface area contributed by atoms with Crippen LogP contribution in [-0.2, 0) is 4.79 Å². The van der Waals surface area contributed by atoms with Crippen LogP contribution in [0.5, 0.6) is 0 Å². The van der Waals surface area contributed by atoms with Gasteiger partial charge in [-0.15, -0.1) is 6.58 Å². The molecule has 3 heteroatoms. The van der Waals surface area contributed by atoms with Crippen LogP contribution >= 0.6 is 0 Å². The van der Waals surface area contributed by atoms with Gasteiger partial charge in [0.2, 0.25) is 12.2 Å². The third-order valence-electron chi connectivity index (χ3n) is 0.772. The van der Waals surface area contributed by atoms with E-state index >= 15 is 0 Å². The van der Waals surface area contributed by atoms with Gasteiger partial charge in [-0.2, -0.15) is 4.99 Å². The van der Waals surface area contributed by atoms with E-state index in [1.54, 1.807) is 0 Å². The lowest BCUT2D eigenvalue weighted by Crippen LogP contribution is -2.72. The zero-order chi connectivity index (χ0) is 5.98. The van der Waals surface area contributed by atoms with Crippen molar-refractivity contribution >= 4 is 18.0 Å². The lowest BCUT2D eigenvalue weighted by molar-refractivity contribution is -0.360. The molecule has 0 fully saturated rings. The summed E-state index contributed by atoms with van der Waals surface area (Å²) in [5, 5.41) is 0. The molecule has 0 aromatic rings. The Hall–Kier alpha value is -1.25. The van der Waals surface area contributed by atoms with E-state index in [4.69, 9.17) is 0 Å². The number of rotatable bonds is 1. The van der Waals surface area contributed by atoms with Crippen LogP contribution in [0, 0.1) is 0 Å². The Balaban J connectivity index is 2.88. The number of carbonyl (C=O) groups excluding carboxylic acids is 1. The van der Waals surface area contributed by atoms with E-state index < -0.39 is 0 Å². The molecule has 1 amide bonds. The second-order valence-electron chi connectivity index (χ2n) is 1.27. The molecule has 1 rings (SSSR count). The number of carbonyl (C=O) groups is 1. The highest BCUT2D eigenvalue weighted by atomic mass is 16.1. The molecule has 0 radical (unpaired) electrons. The van der Waals surface area contributed by atoms with Crippen LogP contribution in [-0.4, -0.2) is 18.0 Å². The smallest absolute Gasteiger partial charge is 0.248 e. The molecule has 3 nitrogen and oxygen atoms in total. The van der Waals surface area contributed by atoms with E-state index in [1.165, 1.54) is 6.08 Å². The highest BCUT2D eigenvalue weighted by Crippen LogP contribution is 1.76. The van der Waals surface area contributed by atoms with Gasteiger partial charge in [0.1, 0.15) is 5.71 Å². The van der Waals surface area contributed by atoms with Crippen LogP contribution in [0.25, 0.3) is 0 Å². The van der Waals surface area contributed by atoms with Gasteiger partial charge in [0.15, 0.2) is 0 Å². The van der Waals surface area contributed by atoms with Crippen LogP contribution < -0.4 is 4.99 Å². The number of hydrogen-bond donors (Lipinski definition) is 1. The summed E-state index contributed by atoms with van der Waals surface area (Å²) in [5.41, 5.74) is 0.324. The molecular weight excluding hydrogens is 104 g/mol. The summed E-state index contributed by atoms with van der Waals surface area (Å²) in [4.78, 5) is 16.2. The molecule has 1 N–H and O–H groups in total. The van der Waals surface area contributed by atoms with Gasteiger partial charge in [-0.05, 0) is 0 Å². The molecular formula is C5H4N2O. The van der Waals surface area contributed by atoms with Gasteiger partial charge in [-0.25, -0.2) is 0 Å². The Morgan fingerprint density at radius 3 is 2.88 bits per heavy atom. The summed E-state index contributed by atoms with van der Waals surface area (Å²) in [6.45, 7) is 3.36. The van der Waals surface area contributed by atoms with E-state index in [2.05, 4.69) is 22.9 Å². The molecule has 40 valence electrons. The monoisotopic (exact) mass is 108 g/mol. The maximum Gasteiger partial charge on any atom is 0.248 e. The van der Waals surface area contributed by atoms with E-state index in [0.29, 0.717) is 5.71 Å². The zero-order valence-corrected chi connectivity index (χ0v) is 4.14. The fourth-order valence-corrected chi connectivity index (χ4v) is 0.392. The first-order valence-electron chi connectivity index (χ1n) is 2.10. The molecule has 0 aromatic heterocycles. The first-order chi connectivity index (χ1) is 3.84. The first kappa shape index (κ1) is 4.90. The molecule has 0 spiro atoms. The summed E-state index contributed by atoms with van der Waals surface area (Å²) < 4.78 is 0. The van der Waals surface area contributed by atoms with E-state index in [-0.39, 0.29) is 5.91 Å². The van der Waals surface area contributed by atoms with Crippen molar-refractivity contribution in [3.8, 4) is 0 Å². The summed E-state index contributed by atoms with van der Waals surface area (Å²) in [5.74, 6) is -0.236. The van der Waals surface area contributed by atoms with Crippen molar-refractivity contribution in [1.29, 1.82) is 0 Å². The second-order valence-corrected chi connectivity index (χ2v) is 1.27. The molecule has 0 aliphatic carbocycles. The average Bonchev–Trinajstić information content (AvgIpc) is 2.14. The minimum Gasteiger partial charge on any atom is -0.329 e. The van der Waals surface area contributed by atoms with Crippen LogP contribution in [0.15, 0.2) is 17.6 Å². The standard InChI is InChI=1S/C5H4N2O/c1-2-4-5(8)7-3-6-4/h2,7H,1H2. The number of nitrogens with zero attached hydrogens (tertiary/aromatic N) is 1. The largest absolute Gasteiger partial charge is 0.329 e. The third-order valence-corrected chi connectivity index (χ3v) is 0.772. The number of aliphatic imine (C=N–C) groups is 1. The fourth-order valence-electron chi connectivity index (χ4n) is 0.392. The van der Waals surface area contributed by atoms with E-state index in [9.17, 15) is 4.79 Å². The van der Waals surface area contributed by atoms with E-state index in [1.807, 2.05) is 0 Å². The highest BCUT2D eigenvalue weighted by molar-refractivity contribution is 6.42. The van der Waals surface area contributed by atoms with Crippen molar-refractivity contribution in [2.24, 2.45) is 4.99 Å². The van der Waals surface area contributed by atoms with Crippen LogP contribution in [0.3, 0.4) is 0 Å². The van der Waals surface area contributed by atoms with Crippen molar-refractivity contribution < 1.29 is 9.79 Å². The predicted molar refractivity (Wildman–Crippen MR) is 28.6 cm³/mol. The number of amides is 1. The van der Waals surface area contributed by atoms with Crippen LogP contribution in [0.2, 0.25) is 0 Å². The van der Waals surface area contributed by atoms with Gasteiger partial charge in [0, 0.05) is 0 Å². The predicted octanol–water partition coefficient (Wildman–Crippen LogP) is -1.86. The fraction of sp³-hybridized carbons (Fsp3) is 0. The van der Waals surface area contributed by atoms with Crippen molar-refractivity contribution in [2.45, 2.75) is 0 Å². The Kier molecular flexibility index (Phi) is 1.04. The van der Waals surface area contributed by atoms with Gasteiger partial charge in [0.05, 0.1) is 0 Å². The molecule has 0 saturated carbocycles. The quantitative estimate of drug-likeness (QED) is 0.393. The Morgan fingerprint density at radius 1 is 1.88 bits per heavy atom. The zero-order valence-electron chi connectivity index (χ0n) is 4.14. The van der Waals surface area contributed by atoms with Gasteiger partial charge in [0.25, 0.3) is 0 Å². The normalized spacial score (nSPS) is 16.5. The summed E-state index contributed by atoms with van der Waals surface area (Å²) in [7, 11) is 0. The maximum atomic E-state index is 10.4. The lowest BCUT2D eigenvalue weighted by Gasteiger charge is -1.83. The molecule has 0 atom stereocenters. The average molecular weight is 108 g/mol. The molecule has 8 heavy (non-hydrogen) atoms. The minimum atomic E-state index is -0.236. The van der Waals surface area contributed by atoms with Crippen molar-refractivity contribution in [3.05, 3.63) is 12.7 Å². The summed E-state index contributed by atoms with van der Waals surface area (Å²) in [6.07, 6.45) is 3.67. The van der Waals surface area contributed by atoms with Crippen molar-refractivity contribution in [1.82, 2.24) is 0 Å². The lowest BCUT2D eigenvalue weighted by atomic mass is 10.4. The Labute approximate surface area is 46.5 Å². The van der Waals surface area contributed by atoms with Gasteiger partial charge < -0.3 is 9.79 Å².